The molecular formula is C34H26O4. The van der Waals surface area contributed by atoms with Gasteiger partial charge in [0.1, 0.15) is 0 Å². The molecular weight excluding hydrogens is 472 g/mol. The number of benzene rings is 5. The summed E-state index contributed by atoms with van der Waals surface area (Å²) in [7, 11) is 0. The summed E-state index contributed by atoms with van der Waals surface area (Å²) in [6, 6.07) is 40.5. The van der Waals surface area contributed by atoms with Crippen LogP contribution in [-0.4, -0.2) is 22.6 Å². The molecule has 0 radical (unpaired) electrons. The maximum absolute atomic E-state index is 12.5. The number of carboxylic acids is 1. The van der Waals surface area contributed by atoms with Crippen LogP contribution in [-0.2, 0) is 0 Å². The summed E-state index contributed by atoms with van der Waals surface area (Å²) in [6.07, 6.45) is 0. The zero-order valence-electron chi connectivity index (χ0n) is 20.9. The highest BCUT2D eigenvalue weighted by Crippen LogP contribution is 2.23. The lowest BCUT2D eigenvalue weighted by molar-refractivity contribution is 0.0692. The largest absolute Gasteiger partial charge is 0.478 e. The Bertz CT molecular complexity index is 1560. The Morgan fingerprint density at radius 1 is 0.474 bits per heavy atom. The second-order valence-electron chi connectivity index (χ2n) is 8.64. The predicted molar refractivity (Wildman–Crippen MR) is 150 cm³/mol. The Labute approximate surface area is 221 Å². The maximum Gasteiger partial charge on any atom is 0.336 e. The van der Waals surface area contributed by atoms with E-state index in [0.29, 0.717) is 5.56 Å². The van der Waals surface area contributed by atoms with E-state index >= 15 is 0 Å². The van der Waals surface area contributed by atoms with E-state index in [-0.39, 0.29) is 22.7 Å². The van der Waals surface area contributed by atoms with Gasteiger partial charge < -0.3 is 5.11 Å². The smallest absolute Gasteiger partial charge is 0.336 e. The minimum absolute atomic E-state index is 0.0290. The van der Waals surface area contributed by atoms with Crippen molar-refractivity contribution in [1.82, 2.24) is 0 Å². The molecule has 38 heavy (non-hydrogen) atoms. The number of carbonyl (C=O) groups is 3. The van der Waals surface area contributed by atoms with E-state index < -0.39 is 5.97 Å². The van der Waals surface area contributed by atoms with E-state index in [2.05, 4.69) is 18.2 Å². The number of hydrogen-bond donors (Lipinski definition) is 1. The third kappa shape index (κ3) is 6.18. The number of hydrogen-bond acceptors (Lipinski definition) is 3. The first-order valence-electron chi connectivity index (χ1n) is 12.1. The number of aromatic carboxylic acids is 1. The summed E-state index contributed by atoms with van der Waals surface area (Å²) in [4.78, 5) is 35.6. The molecule has 5 rings (SSSR count). The van der Waals surface area contributed by atoms with Gasteiger partial charge in [0.05, 0.1) is 5.56 Å². The third-order valence-electron chi connectivity index (χ3n) is 6.05. The number of rotatable bonds is 6. The second kappa shape index (κ2) is 12.2. The lowest BCUT2D eigenvalue weighted by Gasteiger charge is -2.08. The molecule has 0 bridgehead atoms. The average molecular weight is 499 g/mol. The molecule has 186 valence electrons. The lowest BCUT2D eigenvalue weighted by Crippen LogP contribution is -2.09. The highest BCUT2D eigenvalue weighted by Gasteiger charge is 2.16. The molecule has 5 aromatic rings. The molecule has 5 aromatic carbocycles. The SMILES string of the molecule is Cc1cc(-c2ccccc2)ccc1C(=O)c1ccccc1.O=C(O)c1ccccc1C(=O)c1ccccc1. The van der Waals surface area contributed by atoms with Gasteiger partial charge in [-0.05, 0) is 29.7 Å². The zero-order valence-corrected chi connectivity index (χ0v) is 20.9. The van der Waals surface area contributed by atoms with Crippen LogP contribution in [0.4, 0.5) is 0 Å². The van der Waals surface area contributed by atoms with Gasteiger partial charge in [0.25, 0.3) is 0 Å². The van der Waals surface area contributed by atoms with Crippen molar-refractivity contribution in [3.63, 3.8) is 0 Å². The molecule has 0 saturated heterocycles. The first-order chi connectivity index (χ1) is 18.5. The highest BCUT2D eigenvalue weighted by atomic mass is 16.4. The Kier molecular flexibility index (Phi) is 8.37. The summed E-state index contributed by atoms with van der Waals surface area (Å²) in [5.74, 6) is -1.29. The van der Waals surface area contributed by atoms with Gasteiger partial charge in [-0.3, -0.25) is 9.59 Å². The zero-order chi connectivity index (χ0) is 26.9. The van der Waals surface area contributed by atoms with Crippen LogP contribution in [0.1, 0.15) is 47.8 Å². The first kappa shape index (κ1) is 26.0. The van der Waals surface area contributed by atoms with Gasteiger partial charge in [-0.2, -0.15) is 0 Å². The maximum atomic E-state index is 12.5. The molecule has 0 aliphatic heterocycles. The fraction of sp³-hybridized carbons (Fsp3) is 0.0294. The van der Waals surface area contributed by atoms with Crippen molar-refractivity contribution in [3.8, 4) is 11.1 Å². The van der Waals surface area contributed by atoms with Crippen molar-refractivity contribution >= 4 is 17.5 Å². The van der Waals surface area contributed by atoms with Crippen molar-refractivity contribution in [2.75, 3.05) is 0 Å². The van der Waals surface area contributed by atoms with E-state index in [1.165, 1.54) is 17.7 Å². The van der Waals surface area contributed by atoms with Crippen molar-refractivity contribution in [2.45, 2.75) is 6.92 Å². The molecule has 0 heterocycles. The quantitative estimate of drug-likeness (QED) is 0.246. The monoisotopic (exact) mass is 498 g/mol. The molecule has 0 atom stereocenters. The van der Waals surface area contributed by atoms with Crippen LogP contribution in [0.5, 0.6) is 0 Å². The molecule has 0 spiro atoms. The van der Waals surface area contributed by atoms with Crippen molar-refractivity contribution in [3.05, 3.63) is 167 Å². The number of carbonyl (C=O) groups excluding carboxylic acids is 2. The topological polar surface area (TPSA) is 71.4 Å². The van der Waals surface area contributed by atoms with E-state index in [1.807, 2.05) is 67.6 Å². The molecule has 0 aromatic heterocycles. The van der Waals surface area contributed by atoms with Crippen LogP contribution in [0.15, 0.2) is 133 Å². The molecule has 0 unspecified atom stereocenters. The number of aryl methyl sites for hydroxylation is 1. The van der Waals surface area contributed by atoms with Crippen LogP contribution in [0, 0.1) is 6.92 Å². The summed E-state index contributed by atoms with van der Waals surface area (Å²) in [5, 5.41) is 9.01. The van der Waals surface area contributed by atoms with Crippen LogP contribution in [0.2, 0.25) is 0 Å². The van der Waals surface area contributed by atoms with Gasteiger partial charge in [-0.1, -0.05) is 127 Å². The van der Waals surface area contributed by atoms with Crippen LogP contribution < -0.4 is 0 Å². The highest BCUT2D eigenvalue weighted by molar-refractivity contribution is 6.14. The summed E-state index contributed by atoms with van der Waals surface area (Å²) >= 11 is 0. The standard InChI is InChI=1S/C20H16O.C14H10O3/c1-15-14-18(16-8-4-2-5-9-16)12-13-19(15)20(21)17-10-6-3-7-11-17;15-13(10-6-2-1-3-7-10)11-8-4-5-9-12(11)14(16)17/h2-14H,1H3;1-9H,(H,16,17). The predicted octanol–water partition coefficient (Wildman–Crippen LogP) is 7.51. The Hall–Kier alpha value is -5.09. The summed E-state index contributed by atoms with van der Waals surface area (Å²) < 4.78 is 0. The van der Waals surface area contributed by atoms with Gasteiger partial charge in [0, 0.05) is 22.3 Å². The van der Waals surface area contributed by atoms with Gasteiger partial charge in [0.15, 0.2) is 11.6 Å². The van der Waals surface area contributed by atoms with E-state index in [0.717, 1.165) is 22.3 Å². The van der Waals surface area contributed by atoms with Gasteiger partial charge in [-0.15, -0.1) is 0 Å². The van der Waals surface area contributed by atoms with Crippen molar-refractivity contribution in [2.24, 2.45) is 0 Å². The Balaban J connectivity index is 0.000000181. The Morgan fingerprint density at radius 2 is 0.921 bits per heavy atom. The van der Waals surface area contributed by atoms with E-state index in [9.17, 15) is 14.4 Å². The minimum atomic E-state index is -1.09. The molecule has 4 heteroatoms. The molecule has 0 aliphatic carbocycles. The normalized spacial score (nSPS) is 10.1. The number of ketones is 2. The molecule has 1 N–H and O–H groups in total. The van der Waals surface area contributed by atoms with Gasteiger partial charge in [-0.25, -0.2) is 4.79 Å². The van der Waals surface area contributed by atoms with Gasteiger partial charge in [0.2, 0.25) is 0 Å². The Morgan fingerprint density at radius 3 is 1.42 bits per heavy atom. The fourth-order valence-electron chi connectivity index (χ4n) is 4.09. The fourth-order valence-corrected chi connectivity index (χ4v) is 4.09. The lowest BCUT2D eigenvalue weighted by atomic mass is 9.95. The van der Waals surface area contributed by atoms with Gasteiger partial charge >= 0.3 is 5.97 Å². The molecule has 0 fully saturated rings. The van der Waals surface area contributed by atoms with E-state index in [1.54, 1.807) is 42.5 Å². The van der Waals surface area contributed by atoms with Crippen molar-refractivity contribution < 1.29 is 19.5 Å². The molecule has 0 aliphatic rings. The van der Waals surface area contributed by atoms with Crippen LogP contribution in [0.25, 0.3) is 11.1 Å². The van der Waals surface area contributed by atoms with Crippen LogP contribution in [0.3, 0.4) is 0 Å². The second-order valence-corrected chi connectivity index (χ2v) is 8.64. The molecule has 0 amide bonds. The van der Waals surface area contributed by atoms with Crippen molar-refractivity contribution in [1.29, 1.82) is 0 Å². The summed E-state index contributed by atoms with van der Waals surface area (Å²) in [6.45, 7) is 1.99. The number of carboxylic acid groups (broad SMARTS) is 1. The minimum Gasteiger partial charge on any atom is -0.478 e. The van der Waals surface area contributed by atoms with E-state index in [4.69, 9.17) is 5.11 Å². The average Bonchev–Trinajstić information content (AvgIpc) is 2.98. The molecule has 4 nitrogen and oxygen atoms in total. The summed E-state index contributed by atoms with van der Waals surface area (Å²) in [5.41, 5.74) is 5.53. The van der Waals surface area contributed by atoms with Crippen LogP contribution >= 0.6 is 0 Å². The first-order valence-corrected chi connectivity index (χ1v) is 12.1. The molecule has 0 saturated carbocycles. The third-order valence-corrected chi connectivity index (χ3v) is 6.05.